The zero-order valence-electron chi connectivity index (χ0n) is 16.3. The highest BCUT2D eigenvalue weighted by atomic mass is 32.2. The van der Waals surface area contributed by atoms with Crippen molar-refractivity contribution in [2.45, 2.75) is 50.5 Å². The first-order valence-corrected chi connectivity index (χ1v) is 10.9. The Morgan fingerprint density at radius 3 is 2.62 bits per heavy atom. The molecule has 0 amide bonds. The van der Waals surface area contributed by atoms with Crippen LogP contribution in [0.5, 0.6) is 0 Å². The van der Waals surface area contributed by atoms with Gasteiger partial charge < -0.3 is 4.90 Å². The zero-order chi connectivity index (χ0) is 21.0. The predicted molar refractivity (Wildman–Crippen MR) is 109 cm³/mol. The van der Waals surface area contributed by atoms with Gasteiger partial charge in [-0.05, 0) is 44.7 Å². The van der Waals surface area contributed by atoms with Crippen molar-refractivity contribution in [2.24, 2.45) is 0 Å². The van der Waals surface area contributed by atoms with Crippen LogP contribution in [0.2, 0.25) is 0 Å². The monoisotopic (exact) mass is 420 g/mol. The summed E-state index contributed by atoms with van der Waals surface area (Å²) >= 11 is 0. The molecule has 0 spiro atoms. The zero-order valence-corrected chi connectivity index (χ0v) is 17.1. The molecule has 1 aromatic carbocycles. The summed E-state index contributed by atoms with van der Waals surface area (Å²) in [6, 6.07) is 6.40. The van der Waals surface area contributed by atoms with E-state index in [1.165, 1.54) is 18.5 Å². The van der Waals surface area contributed by atoms with Crippen LogP contribution < -0.4 is 15.2 Å². The molecule has 2 N–H and O–H groups in total. The van der Waals surface area contributed by atoms with E-state index in [0.29, 0.717) is 6.54 Å². The molecule has 2 heterocycles. The van der Waals surface area contributed by atoms with Crippen LogP contribution in [0.25, 0.3) is 0 Å². The molecule has 0 radical (unpaired) electrons. The first kappa shape index (κ1) is 20.9. The van der Waals surface area contributed by atoms with E-state index >= 15 is 0 Å². The van der Waals surface area contributed by atoms with Crippen LogP contribution >= 0.6 is 0 Å². The van der Waals surface area contributed by atoms with E-state index in [9.17, 15) is 18.5 Å². The largest absolute Gasteiger partial charge is 0.354 e. The van der Waals surface area contributed by atoms with Crippen LogP contribution in [0.15, 0.2) is 35.5 Å². The lowest BCUT2D eigenvalue weighted by Gasteiger charge is -2.35. The Hall–Kier alpha value is -2.79. The smallest absolute Gasteiger partial charge is 0.348 e. The molecule has 11 heteroatoms. The Morgan fingerprint density at radius 2 is 1.97 bits per heavy atom. The lowest BCUT2D eigenvalue weighted by atomic mass is 10.00. The quantitative estimate of drug-likeness (QED) is 0.516. The number of anilines is 2. The first-order valence-electron chi connectivity index (χ1n) is 9.44. The fraction of sp³-hybridized carbons (Fsp3) is 0.444. The number of nitrogens with one attached hydrogen (secondary N) is 2. The lowest BCUT2D eigenvalue weighted by Crippen LogP contribution is -2.40. The van der Waals surface area contributed by atoms with Gasteiger partial charge in [-0.25, -0.2) is 18.4 Å². The molecule has 0 saturated carbocycles. The van der Waals surface area contributed by atoms with Gasteiger partial charge in [0.15, 0.2) is 0 Å². The van der Waals surface area contributed by atoms with Crippen molar-refractivity contribution in [1.82, 2.24) is 14.8 Å². The molecular formula is C18H24N6O4S. The highest BCUT2D eigenvalue weighted by Crippen LogP contribution is 2.35. The number of rotatable bonds is 7. The third kappa shape index (κ3) is 4.62. The van der Waals surface area contributed by atoms with Gasteiger partial charge in [0.25, 0.3) is 10.0 Å². The highest BCUT2D eigenvalue weighted by Gasteiger charge is 2.32. The maximum atomic E-state index is 12.5. The maximum absolute atomic E-state index is 12.5. The van der Waals surface area contributed by atoms with Crippen LogP contribution in [0.3, 0.4) is 0 Å². The number of piperidine rings is 1. The lowest BCUT2D eigenvalue weighted by molar-refractivity contribution is -0.383. The number of benzene rings is 1. The van der Waals surface area contributed by atoms with Gasteiger partial charge in [0, 0.05) is 12.6 Å². The topological polar surface area (TPSA) is 130 Å². The minimum absolute atomic E-state index is 0.0367. The Morgan fingerprint density at radius 1 is 1.24 bits per heavy atom. The molecule has 1 saturated heterocycles. The minimum atomic E-state index is -3.93. The second-order valence-corrected chi connectivity index (χ2v) is 8.63. The summed E-state index contributed by atoms with van der Waals surface area (Å²) in [4.78, 5) is 23.4. The summed E-state index contributed by atoms with van der Waals surface area (Å²) in [7, 11) is -3.93. The molecule has 29 heavy (non-hydrogen) atoms. The summed E-state index contributed by atoms with van der Waals surface area (Å²) in [5.74, 6) is 0.00435. The van der Waals surface area contributed by atoms with E-state index in [4.69, 9.17) is 0 Å². The average Bonchev–Trinajstić information content (AvgIpc) is 2.72. The second-order valence-electron chi connectivity index (χ2n) is 6.95. The summed E-state index contributed by atoms with van der Waals surface area (Å²) in [6.07, 6.45) is 4.95. The van der Waals surface area contributed by atoms with Crippen molar-refractivity contribution in [3.8, 4) is 0 Å². The number of hydrogen-bond donors (Lipinski definition) is 2. The van der Waals surface area contributed by atoms with Gasteiger partial charge in [0.05, 0.1) is 9.82 Å². The summed E-state index contributed by atoms with van der Waals surface area (Å²) in [5.41, 5.74) is 2.97. The van der Waals surface area contributed by atoms with Crippen molar-refractivity contribution >= 4 is 27.3 Å². The Balaban J connectivity index is 1.89. The maximum Gasteiger partial charge on any atom is 0.354 e. The Kier molecular flexibility index (Phi) is 6.28. The fourth-order valence-electron chi connectivity index (χ4n) is 3.43. The van der Waals surface area contributed by atoms with Gasteiger partial charge in [-0.15, -0.1) is 4.83 Å². The van der Waals surface area contributed by atoms with Crippen LogP contribution in [0, 0.1) is 17.0 Å². The third-order valence-electron chi connectivity index (χ3n) is 4.99. The van der Waals surface area contributed by atoms with Gasteiger partial charge in [-0.1, -0.05) is 24.6 Å². The van der Waals surface area contributed by atoms with Crippen molar-refractivity contribution in [3.05, 3.63) is 46.3 Å². The molecular weight excluding hydrogens is 396 g/mol. The molecule has 1 aromatic heterocycles. The fourth-order valence-corrected chi connectivity index (χ4v) is 4.28. The van der Waals surface area contributed by atoms with E-state index in [1.807, 2.05) is 18.7 Å². The molecule has 2 aromatic rings. The van der Waals surface area contributed by atoms with E-state index in [2.05, 4.69) is 20.2 Å². The van der Waals surface area contributed by atoms with Crippen LogP contribution in [0.4, 0.5) is 17.3 Å². The molecule has 156 valence electrons. The Bertz CT molecular complexity index is 980. The molecule has 1 fully saturated rings. The number of nitro groups is 1. The summed E-state index contributed by atoms with van der Waals surface area (Å²) < 4.78 is 25.0. The van der Waals surface area contributed by atoms with Crippen molar-refractivity contribution in [2.75, 3.05) is 16.9 Å². The molecule has 1 aliphatic rings. The second kappa shape index (κ2) is 8.70. The standard InChI is InChI=1S/C18H24N6O4S/c1-3-14-6-4-5-11-23(14)18-16(24(25)26)17(19-12-20-18)21-22-29(27,28)15-9-7-13(2)8-10-15/h7-10,12,14,22H,3-6,11H2,1-2H3,(H,19,20,21). The van der Waals surface area contributed by atoms with E-state index in [0.717, 1.165) is 31.2 Å². The van der Waals surface area contributed by atoms with Crippen molar-refractivity contribution in [3.63, 3.8) is 0 Å². The third-order valence-corrected chi connectivity index (χ3v) is 6.25. The number of nitrogens with zero attached hydrogens (tertiary/aromatic N) is 4. The van der Waals surface area contributed by atoms with Gasteiger partial charge in [0.1, 0.15) is 6.33 Å². The minimum Gasteiger partial charge on any atom is -0.348 e. The van der Waals surface area contributed by atoms with Gasteiger partial charge in [-0.3, -0.25) is 15.5 Å². The molecule has 1 atom stereocenters. The molecule has 1 unspecified atom stereocenters. The summed E-state index contributed by atoms with van der Waals surface area (Å²) in [6.45, 7) is 4.54. The van der Waals surface area contributed by atoms with E-state index < -0.39 is 14.9 Å². The molecule has 10 nitrogen and oxygen atoms in total. The predicted octanol–water partition coefficient (Wildman–Crippen LogP) is 2.77. The van der Waals surface area contributed by atoms with Crippen LogP contribution in [0.1, 0.15) is 38.2 Å². The van der Waals surface area contributed by atoms with E-state index in [-0.39, 0.29) is 28.3 Å². The average molecular weight is 420 g/mol. The number of sulfonamides is 1. The Labute approximate surface area is 169 Å². The number of hydrogen-bond acceptors (Lipinski definition) is 8. The number of aryl methyl sites for hydroxylation is 1. The molecule has 0 bridgehead atoms. The SMILES string of the molecule is CCC1CCCCN1c1ncnc(NNS(=O)(=O)c2ccc(C)cc2)c1[N+](=O)[O-]. The highest BCUT2D eigenvalue weighted by molar-refractivity contribution is 7.89. The van der Waals surface area contributed by atoms with Crippen LogP contribution in [-0.2, 0) is 10.0 Å². The van der Waals surface area contributed by atoms with Gasteiger partial charge in [-0.2, -0.15) is 0 Å². The molecule has 0 aliphatic carbocycles. The number of aromatic nitrogens is 2. The van der Waals surface area contributed by atoms with E-state index in [1.54, 1.807) is 12.1 Å². The first-order chi connectivity index (χ1) is 13.8. The van der Waals surface area contributed by atoms with Crippen LogP contribution in [-0.4, -0.2) is 35.9 Å². The van der Waals surface area contributed by atoms with Gasteiger partial charge >= 0.3 is 5.69 Å². The van der Waals surface area contributed by atoms with Gasteiger partial charge in [0.2, 0.25) is 11.6 Å². The normalized spacial score (nSPS) is 17.2. The molecule has 1 aliphatic heterocycles. The number of hydrazine groups is 1. The van der Waals surface area contributed by atoms with Crippen molar-refractivity contribution < 1.29 is 13.3 Å². The summed E-state index contributed by atoms with van der Waals surface area (Å²) in [5, 5.41) is 11.8. The van der Waals surface area contributed by atoms with Crippen molar-refractivity contribution in [1.29, 1.82) is 0 Å². The molecule has 3 rings (SSSR count).